The Bertz CT molecular complexity index is 867. The van der Waals surface area contributed by atoms with Gasteiger partial charge in [0.05, 0.1) is 11.4 Å². The Morgan fingerprint density at radius 1 is 0.840 bits per heavy atom. The summed E-state index contributed by atoms with van der Waals surface area (Å²) in [5.41, 5.74) is 1.84. The maximum absolute atomic E-state index is 12.3. The van der Waals surface area contributed by atoms with E-state index in [1.54, 1.807) is 42.6 Å². The van der Waals surface area contributed by atoms with Crippen molar-refractivity contribution in [3.8, 4) is 0 Å². The molecule has 0 fully saturated rings. The largest absolute Gasteiger partial charge is 0.320 e. The Hall–Kier alpha value is -2.92. The Balaban J connectivity index is 1.69. The van der Waals surface area contributed by atoms with Gasteiger partial charge in [0, 0.05) is 17.3 Å². The van der Waals surface area contributed by atoms with Gasteiger partial charge < -0.3 is 5.32 Å². The highest BCUT2D eigenvalue weighted by Crippen LogP contribution is 2.25. The number of Topliss-reactive ketones (excluding diaryl/α,β-unsaturated/α-hetero) is 1. The molecular weight excluding hydrogens is 332 g/mol. The molecule has 0 bridgehead atoms. The predicted molar refractivity (Wildman–Crippen MR) is 100 cm³/mol. The predicted octanol–water partition coefficient (Wildman–Crippen LogP) is 4.31. The van der Waals surface area contributed by atoms with Gasteiger partial charge >= 0.3 is 0 Å². The first kappa shape index (κ1) is 16.9. The molecule has 0 aliphatic heterocycles. The number of amides is 1. The first-order valence-electron chi connectivity index (χ1n) is 7.76. The van der Waals surface area contributed by atoms with Crippen molar-refractivity contribution >= 4 is 29.1 Å². The van der Waals surface area contributed by atoms with E-state index in [-0.39, 0.29) is 17.4 Å². The molecule has 0 atom stereocenters. The van der Waals surface area contributed by atoms with Crippen molar-refractivity contribution in [2.45, 2.75) is 5.03 Å². The molecule has 0 aliphatic rings. The third-order valence-electron chi connectivity index (χ3n) is 3.49. The van der Waals surface area contributed by atoms with Crippen LogP contribution in [0, 0.1) is 0 Å². The second-order valence-electron chi connectivity index (χ2n) is 5.25. The number of carbonyl (C=O) groups excluding carboxylic acids is 2. The van der Waals surface area contributed by atoms with Crippen molar-refractivity contribution in [3.05, 3.63) is 90.1 Å². The van der Waals surface area contributed by atoms with E-state index in [1.807, 2.05) is 36.4 Å². The van der Waals surface area contributed by atoms with Crippen molar-refractivity contribution in [1.29, 1.82) is 0 Å². The molecule has 0 spiro atoms. The highest BCUT2D eigenvalue weighted by Gasteiger charge is 2.12. The molecule has 3 rings (SSSR count). The zero-order valence-electron chi connectivity index (χ0n) is 13.4. The Kier molecular flexibility index (Phi) is 5.59. The first-order chi connectivity index (χ1) is 12.2. The van der Waals surface area contributed by atoms with Gasteiger partial charge in [-0.05, 0) is 24.3 Å². The van der Waals surface area contributed by atoms with E-state index in [2.05, 4.69) is 10.3 Å². The highest BCUT2D eigenvalue weighted by atomic mass is 32.2. The standard InChI is InChI=1S/C20H16N2O2S/c23-18(15-8-3-1-4-9-15)14-25-20-17(12-7-13-21-20)22-19(24)16-10-5-2-6-11-16/h1-13H,14H2,(H,22,24). The number of ketones is 1. The van der Waals surface area contributed by atoms with Gasteiger partial charge in [0.15, 0.2) is 5.78 Å². The fourth-order valence-corrected chi connectivity index (χ4v) is 3.07. The van der Waals surface area contributed by atoms with E-state index in [0.717, 1.165) is 0 Å². The number of hydrogen-bond donors (Lipinski definition) is 1. The number of carbonyl (C=O) groups is 2. The molecule has 1 N–H and O–H groups in total. The Morgan fingerprint density at radius 3 is 2.16 bits per heavy atom. The van der Waals surface area contributed by atoms with Crippen LogP contribution in [-0.4, -0.2) is 22.4 Å². The molecule has 1 heterocycles. The van der Waals surface area contributed by atoms with Crippen molar-refractivity contribution in [1.82, 2.24) is 4.98 Å². The van der Waals surface area contributed by atoms with Gasteiger partial charge in [0.1, 0.15) is 5.03 Å². The normalized spacial score (nSPS) is 10.2. The zero-order chi connectivity index (χ0) is 17.5. The van der Waals surface area contributed by atoms with Crippen LogP contribution < -0.4 is 5.32 Å². The number of benzene rings is 2. The Labute approximate surface area is 150 Å². The van der Waals surface area contributed by atoms with E-state index >= 15 is 0 Å². The molecular formula is C20H16N2O2S. The quantitative estimate of drug-likeness (QED) is 0.533. The summed E-state index contributed by atoms with van der Waals surface area (Å²) in [6.45, 7) is 0. The summed E-state index contributed by atoms with van der Waals surface area (Å²) in [4.78, 5) is 28.8. The van der Waals surface area contributed by atoms with Crippen LogP contribution in [0.1, 0.15) is 20.7 Å². The number of thioether (sulfide) groups is 1. The van der Waals surface area contributed by atoms with Crippen LogP contribution >= 0.6 is 11.8 Å². The lowest BCUT2D eigenvalue weighted by Crippen LogP contribution is -2.13. The average molecular weight is 348 g/mol. The molecule has 3 aromatic rings. The minimum absolute atomic E-state index is 0.0246. The summed E-state index contributed by atoms with van der Waals surface area (Å²) in [5, 5.41) is 3.48. The molecule has 1 amide bonds. The second-order valence-corrected chi connectivity index (χ2v) is 6.22. The van der Waals surface area contributed by atoms with Crippen LogP contribution in [0.25, 0.3) is 0 Å². The summed E-state index contributed by atoms with van der Waals surface area (Å²) in [6, 6.07) is 21.6. The third-order valence-corrected chi connectivity index (χ3v) is 4.50. The molecule has 5 heteroatoms. The molecule has 0 aliphatic carbocycles. The zero-order valence-corrected chi connectivity index (χ0v) is 14.2. The van der Waals surface area contributed by atoms with Gasteiger partial charge in [-0.25, -0.2) is 4.98 Å². The van der Waals surface area contributed by atoms with Gasteiger partial charge in [0.2, 0.25) is 0 Å². The lowest BCUT2D eigenvalue weighted by molar-refractivity contribution is 0.101. The average Bonchev–Trinajstić information content (AvgIpc) is 2.68. The van der Waals surface area contributed by atoms with Crippen molar-refractivity contribution in [3.63, 3.8) is 0 Å². The number of nitrogens with zero attached hydrogens (tertiary/aromatic N) is 1. The van der Waals surface area contributed by atoms with Crippen LogP contribution in [0.5, 0.6) is 0 Å². The van der Waals surface area contributed by atoms with Crippen LogP contribution in [0.3, 0.4) is 0 Å². The minimum atomic E-state index is -0.204. The lowest BCUT2D eigenvalue weighted by atomic mass is 10.2. The van der Waals surface area contributed by atoms with Crippen LogP contribution in [0.4, 0.5) is 5.69 Å². The van der Waals surface area contributed by atoms with E-state index in [9.17, 15) is 9.59 Å². The molecule has 124 valence electrons. The Morgan fingerprint density at radius 2 is 1.48 bits per heavy atom. The monoisotopic (exact) mass is 348 g/mol. The van der Waals surface area contributed by atoms with E-state index < -0.39 is 0 Å². The number of nitrogens with one attached hydrogen (secondary N) is 1. The molecule has 25 heavy (non-hydrogen) atoms. The number of aromatic nitrogens is 1. The van der Waals surface area contributed by atoms with Crippen molar-refractivity contribution in [2.24, 2.45) is 0 Å². The summed E-state index contributed by atoms with van der Waals surface area (Å²) in [5.74, 6) is 0.0799. The maximum atomic E-state index is 12.3. The molecule has 0 saturated carbocycles. The second kappa shape index (κ2) is 8.26. The van der Waals surface area contributed by atoms with E-state index in [4.69, 9.17) is 0 Å². The molecule has 0 radical (unpaired) electrons. The summed E-state index contributed by atoms with van der Waals surface area (Å²) in [6.07, 6.45) is 1.65. The number of hydrogen-bond acceptors (Lipinski definition) is 4. The molecule has 0 unspecified atom stereocenters. The lowest BCUT2D eigenvalue weighted by Gasteiger charge is -2.09. The first-order valence-corrected chi connectivity index (χ1v) is 8.75. The molecule has 2 aromatic carbocycles. The van der Waals surface area contributed by atoms with Crippen LogP contribution in [-0.2, 0) is 0 Å². The summed E-state index contributed by atoms with van der Waals surface area (Å²) < 4.78 is 0. The SMILES string of the molecule is O=C(CSc1ncccc1NC(=O)c1ccccc1)c1ccccc1. The van der Waals surface area contributed by atoms with Crippen LogP contribution in [0.15, 0.2) is 84.0 Å². The number of pyridine rings is 1. The molecule has 4 nitrogen and oxygen atoms in total. The van der Waals surface area contributed by atoms with E-state index in [1.165, 1.54) is 11.8 Å². The van der Waals surface area contributed by atoms with Crippen molar-refractivity contribution < 1.29 is 9.59 Å². The fourth-order valence-electron chi connectivity index (χ4n) is 2.23. The van der Waals surface area contributed by atoms with Crippen molar-refractivity contribution in [2.75, 3.05) is 11.1 Å². The fraction of sp³-hybridized carbons (Fsp3) is 0.0500. The maximum Gasteiger partial charge on any atom is 0.255 e. The van der Waals surface area contributed by atoms with E-state index in [0.29, 0.717) is 21.8 Å². The van der Waals surface area contributed by atoms with Gasteiger partial charge in [0.25, 0.3) is 5.91 Å². The topological polar surface area (TPSA) is 59.1 Å². The molecule has 1 aromatic heterocycles. The number of rotatable bonds is 6. The number of anilines is 1. The third kappa shape index (κ3) is 4.55. The van der Waals surface area contributed by atoms with Gasteiger partial charge in [-0.3, -0.25) is 9.59 Å². The van der Waals surface area contributed by atoms with Crippen LogP contribution in [0.2, 0.25) is 0 Å². The van der Waals surface area contributed by atoms with Gasteiger partial charge in [-0.1, -0.05) is 60.3 Å². The summed E-state index contributed by atoms with van der Waals surface area (Å²) >= 11 is 1.31. The smallest absolute Gasteiger partial charge is 0.255 e. The van der Waals surface area contributed by atoms with Gasteiger partial charge in [-0.15, -0.1) is 0 Å². The highest BCUT2D eigenvalue weighted by molar-refractivity contribution is 8.00. The molecule has 0 saturated heterocycles. The minimum Gasteiger partial charge on any atom is -0.320 e. The van der Waals surface area contributed by atoms with Gasteiger partial charge in [-0.2, -0.15) is 0 Å². The summed E-state index contributed by atoms with van der Waals surface area (Å²) in [7, 11) is 0.